The lowest BCUT2D eigenvalue weighted by Gasteiger charge is -2.15. The summed E-state index contributed by atoms with van der Waals surface area (Å²) in [6, 6.07) is 4.24. The maximum absolute atomic E-state index is 12.7. The van der Waals surface area contributed by atoms with Crippen LogP contribution in [0.4, 0.5) is 0 Å². The van der Waals surface area contributed by atoms with Crippen molar-refractivity contribution < 1.29 is 17.6 Å². The van der Waals surface area contributed by atoms with Crippen molar-refractivity contribution in [1.29, 1.82) is 0 Å². The molecule has 0 bridgehead atoms. The van der Waals surface area contributed by atoms with Gasteiger partial charge in [-0.05, 0) is 31.9 Å². The number of oxazole rings is 1. The van der Waals surface area contributed by atoms with Gasteiger partial charge in [0.15, 0.2) is 5.58 Å². The number of hydrogen-bond acceptors (Lipinski definition) is 6. The molecular formula is C17H24N4O5S. The summed E-state index contributed by atoms with van der Waals surface area (Å²) in [5, 5.41) is 2.73. The second-order valence-corrected chi connectivity index (χ2v) is 8.65. The average molecular weight is 396 g/mol. The van der Waals surface area contributed by atoms with E-state index in [1.807, 2.05) is 0 Å². The molecule has 0 unspecified atom stereocenters. The molecule has 3 rings (SSSR count). The van der Waals surface area contributed by atoms with Gasteiger partial charge in [-0.15, -0.1) is 0 Å². The monoisotopic (exact) mass is 396 g/mol. The van der Waals surface area contributed by atoms with Gasteiger partial charge in [0.05, 0.1) is 10.4 Å². The molecule has 148 valence electrons. The third-order valence-corrected chi connectivity index (χ3v) is 6.56. The first-order valence-corrected chi connectivity index (χ1v) is 10.4. The Morgan fingerprint density at radius 3 is 2.70 bits per heavy atom. The van der Waals surface area contributed by atoms with E-state index in [4.69, 9.17) is 10.2 Å². The highest BCUT2D eigenvalue weighted by molar-refractivity contribution is 7.89. The molecule has 0 radical (unpaired) electrons. The van der Waals surface area contributed by atoms with E-state index in [0.717, 1.165) is 12.8 Å². The number of carbonyl (C=O) groups is 1. The van der Waals surface area contributed by atoms with Crippen LogP contribution in [-0.4, -0.2) is 48.9 Å². The smallest absolute Gasteiger partial charge is 0.408 e. The number of sulfonamides is 1. The number of amides is 1. The first-order chi connectivity index (χ1) is 12.8. The topological polar surface area (TPSA) is 128 Å². The zero-order valence-electron chi connectivity index (χ0n) is 15.2. The Labute approximate surface area is 157 Å². The van der Waals surface area contributed by atoms with Gasteiger partial charge in [-0.2, -0.15) is 4.31 Å². The quantitative estimate of drug-likeness (QED) is 0.690. The molecule has 2 aromatic rings. The van der Waals surface area contributed by atoms with E-state index in [1.54, 1.807) is 13.0 Å². The first-order valence-electron chi connectivity index (χ1n) is 8.96. The lowest BCUT2D eigenvalue weighted by molar-refractivity contribution is -0.121. The van der Waals surface area contributed by atoms with Gasteiger partial charge in [0.25, 0.3) is 0 Å². The molecular weight excluding hydrogens is 372 g/mol. The maximum Gasteiger partial charge on any atom is 0.419 e. The van der Waals surface area contributed by atoms with Gasteiger partial charge in [-0.1, -0.05) is 0 Å². The van der Waals surface area contributed by atoms with Crippen LogP contribution in [0.1, 0.15) is 26.2 Å². The van der Waals surface area contributed by atoms with Crippen LogP contribution in [0, 0.1) is 0 Å². The molecule has 10 heteroatoms. The number of nitrogens with one attached hydrogen (secondary N) is 1. The number of benzene rings is 1. The fourth-order valence-corrected chi connectivity index (χ4v) is 4.65. The summed E-state index contributed by atoms with van der Waals surface area (Å²) < 4.78 is 33.3. The molecule has 2 heterocycles. The van der Waals surface area contributed by atoms with Crippen molar-refractivity contribution in [1.82, 2.24) is 14.2 Å². The van der Waals surface area contributed by atoms with Gasteiger partial charge in [-0.3, -0.25) is 9.36 Å². The highest BCUT2D eigenvalue weighted by atomic mass is 32.2. The number of rotatable bonds is 7. The molecule has 0 spiro atoms. The molecule has 1 aromatic carbocycles. The van der Waals surface area contributed by atoms with Crippen LogP contribution in [0.3, 0.4) is 0 Å². The number of fused-ring (bicyclic) bond motifs is 1. The number of nitrogens with zero attached hydrogens (tertiary/aromatic N) is 2. The highest BCUT2D eigenvalue weighted by Crippen LogP contribution is 2.24. The van der Waals surface area contributed by atoms with E-state index in [1.165, 1.54) is 21.0 Å². The standard InChI is InChI=1S/C17H24N4O5S/c1-12(11-18)19-16(22)6-9-21-14-5-4-13(10-15(14)26-17(21)23)27(24,25)20-7-2-3-8-20/h4-5,10,12H,2-3,6-9,11,18H2,1H3,(H,19,22)/t12-/m0/s1. The van der Waals surface area contributed by atoms with Crippen molar-refractivity contribution in [2.75, 3.05) is 19.6 Å². The summed E-state index contributed by atoms with van der Waals surface area (Å²) in [6.45, 7) is 3.25. The van der Waals surface area contributed by atoms with E-state index < -0.39 is 15.8 Å². The molecule has 1 atom stereocenters. The minimum absolute atomic E-state index is 0.0900. The van der Waals surface area contributed by atoms with Crippen LogP contribution in [0.2, 0.25) is 0 Å². The van der Waals surface area contributed by atoms with Gasteiger partial charge in [-0.25, -0.2) is 13.2 Å². The van der Waals surface area contributed by atoms with Crippen molar-refractivity contribution in [3.8, 4) is 0 Å². The van der Waals surface area contributed by atoms with Gasteiger partial charge in [0, 0.05) is 44.7 Å². The van der Waals surface area contributed by atoms with Gasteiger partial charge in [0.1, 0.15) is 0 Å². The summed E-state index contributed by atoms with van der Waals surface area (Å²) in [4.78, 5) is 24.1. The molecule has 0 aliphatic carbocycles. The number of aryl methyl sites for hydroxylation is 1. The van der Waals surface area contributed by atoms with Crippen LogP contribution < -0.4 is 16.8 Å². The summed E-state index contributed by atoms with van der Waals surface area (Å²) >= 11 is 0. The van der Waals surface area contributed by atoms with Crippen LogP contribution in [0.15, 0.2) is 32.3 Å². The minimum Gasteiger partial charge on any atom is -0.408 e. The van der Waals surface area contributed by atoms with Crippen LogP contribution in [0.5, 0.6) is 0 Å². The molecule has 27 heavy (non-hydrogen) atoms. The van der Waals surface area contributed by atoms with Crippen molar-refractivity contribution in [3.63, 3.8) is 0 Å². The molecule has 1 aliphatic rings. The van der Waals surface area contributed by atoms with Crippen molar-refractivity contribution in [2.24, 2.45) is 5.73 Å². The third-order valence-electron chi connectivity index (χ3n) is 4.67. The summed E-state index contributed by atoms with van der Waals surface area (Å²) in [6.07, 6.45) is 1.78. The molecule has 1 aromatic heterocycles. The van der Waals surface area contributed by atoms with Crippen molar-refractivity contribution in [3.05, 3.63) is 28.7 Å². The number of nitrogens with two attached hydrogens (primary N) is 1. The highest BCUT2D eigenvalue weighted by Gasteiger charge is 2.28. The zero-order chi connectivity index (χ0) is 19.6. The SMILES string of the molecule is C[C@@H](CN)NC(=O)CCn1c(=O)oc2cc(S(=O)(=O)N3CCCC3)ccc21. The normalized spacial score (nSPS) is 16.7. The maximum atomic E-state index is 12.7. The Bertz CT molecular complexity index is 988. The lowest BCUT2D eigenvalue weighted by Crippen LogP contribution is -2.38. The molecule has 1 amide bonds. The average Bonchev–Trinajstić information content (AvgIpc) is 3.27. The van der Waals surface area contributed by atoms with Crippen LogP contribution in [0.25, 0.3) is 11.1 Å². The third kappa shape index (κ3) is 4.07. The lowest BCUT2D eigenvalue weighted by atomic mass is 10.3. The van der Waals surface area contributed by atoms with E-state index in [9.17, 15) is 18.0 Å². The summed E-state index contributed by atoms with van der Waals surface area (Å²) in [5.74, 6) is -0.845. The number of aromatic nitrogens is 1. The van der Waals surface area contributed by atoms with E-state index >= 15 is 0 Å². The fraction of sp³-hybridized carbons (Fsp3) is 0.529. The molecule has 1 aliphatic heterocycles. The molecule has 1 fully saturated rings. The molecule has 3 N–H and O–H groups in total. The second kappa shape index (κ2) is 7.83. The Kier molecular flexibility index (Phi) is 5.68. The summed E-state index contributed by atoms with van der Waals surface area (Å²) in [7, 11) is -3.59. The second-order valence-electron chi connectivity index (χ2n) is 6.71. The van der Waals surface area contributed by atoms with E-state index in [-0.39, 0.29) is 35.4 Å². The number of hydrogen-bond donors (Lipinski definition) is 2. The first kappa shape index (κ1) is 19.6. The minimum atomic E-state index is -3.59. The molecule has 9 nitrogen and oxygen atoms in total. The van der Waals surface area contributed by atoms with Crippen molar-refractivity contribution >= 4 is 27.0 Å². The number of carbonyl (C=O) groups excluding carboxylic acids is 1. The molecule has 0 saturated carbocycles. The Hall–Kier alpha value is -2.17. The Balaban J connectivity index is 1.82. The predicted molar refractivity (Wildman–Crippen MR) is 99.7 cm³/mol. The van der Waals surface area contributed by atoms with Gasteiger partial charge in [0.2, 0.25) is 15.9 Å². The van der Waals surface area contributed by atoms with Crippen LogP contribution in [-0.2, 0) is 21.4 Å². The zero-order valence-corrected chi connectivity index (χ0v) is 16.0. The van der Waals surface area contributed by atoms with E-state index in [2.05, 4.69) is 5.32 Å². The van der Waals surface area contributed by atoms with E-state index in [0.29, 0.717) is 25.2 Å². The van der Waals surface area contributed by atoms with Crippen molar-refractivity contribution in [2.45, 2.75) is 43.7 Å². The largest absolute Gasteiger partial charge is 0.419 e. The molecule has 1 saturated heterocycles. The van der Waals surface area contributed by atoms with Gasteiger partial charge < -0.3 is 15.5 Å². The predicted octanol–water partition coefficient (Wildman–Crippen LogP) is 0.233. The van der Waals surface area contributed by atoms with Gasteiger partial charge >= 0.3 is 5.76 Å². The Morgan fingerprint density at radius 1 is 1.33 bits per heavy atom. The Morgan fingerprint density at radius 2 is 2.04 bits per heavy atom. The summed E-state index contributed by atoms with van der Waals surface area (Å²) in [5.41, 5.74) is 6.12. The fourth-order valence-electron chi connectivity index (χ4n) is 3.12. The van der Waals surface area contributed by atoms with Crippen LogP contribution >= 0.6 is 0 Å².